The van der Waals surface area contributed by atoms with Gasteiger partial charge in [-0.15, -0.1) is 12.4 Å². The van der Waals surface area contributed by atoms with E-state index in [2.05, 4.69) is 5.32 Å². The molecule has 4 rings (SSSR count). The van der Waals surface area contributed by atoms with Gasteiger partial charge < -0.3 is 4.74 Å². The summed E-state index contributed by atoms with van der Waals surface area (Å²) in [7, 11) is 0. The molecule has 0 unspecified atom stereocenters. The highest BCUT2D eigenvalue weighted by Gasteiger charge is 2.37. The number of fused-ring (bicyclic) bond motifs is 1. The maximum Gasteiger partial charge on any atom is 0.187 e. The van der Waals surface area contributed by atoms with Crippen LogP contribution in [0, 0.1) is 0 Å². The Balaban J connectivity index is 0.00000196. The van der Waals surface area contributed by atoms with Gasteiger partial charge in [-0.2, -0.15) is 0 Å². The fraction of sp³-hybridized carbons (Fsp3) is 0.136. The van der Waals surface area contributed by atoms with Crippen LogP contribution in [-0.4, -0.2) is 11.8 Å². The van der Waals surface area contributed by atoms with Crippen LogP contribution in [0.2, 0.25) is 0 Å². The highest BCUT2D eigenvalue weighted by Crippen LogP contribution is 2.35. The Kier molecular flexibility index (Phi) is 5.71. The Labute approximate surface area is 159 Å². The highest BCUT2D eigenvalue weighted by molar-refractivity contribution is 6.03. The number of benzene rings is 3. The van der Waals surface area contributed by atoms with Crippen LogP contribution < -0.4 is 10.1 Å². The molecular weight excluding hydrogens is 346 g/mol. The molecule has 1 N–H and O–H groups in total. The van der Waals surface area contributed by atoms with Crippen molar-refractivity contribution in [1.82, 2.24) is 5.32 Å². The first-order chi connectivity index (χ1) is 12.3. The van der Waals surface area contributed by atoms with Crippen LogP contribution in [0.15, 0.2) is 84.9 Å². The van der Waals surface area contributed by atoms with Gasteiger partial charge in [-0.1, -0.05) is 72.8 Å². The summed E-state index contributed by atoms with van der Waals surface area (Å²) in [4.78, 5) is 13.1. The smallest absolute Gasteiger partial charge is 0.187 e. The fourth-order valence-electron chi connectivity index (χ4n) is 3.21. The molecule has 4 heteroatoms. The number of Topliss-reactive ketones (excluding diaryl/α,β-unsaturated/α-hetero) is 1. The van der Waals surface area contributed by atoms with Gasteiger partial charge in [0.2, 0.25) is 0 Å². The molecule has 0 aromatic heterocycles. The first-order valence-electron chi connectivity index (χ1n) is 8.45. The molecule has 1 aliphatic heterocycles. The van der Waals surface area contributed by atoms with Crippen molar-refractivity contribution in [3.8, 4) is 5.75 Å². The van der Waals surface area contributed by atoms with E-state index in [-0.39, 0.29) is 24.3 Å². The Morgan fingerprint density at radius 1 is 0.808 bits per heavy atom. The summed E-state index contributed by atoms with van der Waals surface area (Å²) in [6.07, 6.45) is -0.340. The van der Waals surface area contributed by atoms with Crippen LogP contribution in [0.5, 0.6) is 5.75 Å². The number of hydrogen-bond acceptors (Lipinski definition) is 3. The third kappa shape index (κ3) is 3.64. The topological polar surface area (TPSA) is 38.3 Å². The molecule has 3 aromatic carbocycles. The van der Waals surface area contributed by atoms with Crippen molar-refractivity contribution >= 4 is 18.2 Å². The second-order valence-corrected chi connectivity index (χ2v) is 6.15. The van der Waals surface area contributed by atoms with Crippen molar-refractivity contribution in [2.45, 2.75) is 18.7 Å². The van der Waals surface area contributed by atoms with Gasteiger partial charge in [-0.25, -0.2) is 0 Å². The van der Waals surface area contributed by atoms with Crippen molar-refractivity contribution < 1.29 is 9.53 Å². The van der Waals surface area contributed by atoms with Crippen LogP contribution >= 0.6 is 12.4 Å². The van der Waals surface area contributed by atoms with Gasteiger partial charge in [0.1, 0.15) is 17.9 Å². The Bertz CT molecular complexity index is 868. The predicted molar refractivity (Wildman–Crippen MR) is 105 cm³/mol. The van der Waals surface area contributed by atoms with Crippen LogP contribution in [0.25, 0.3) is 0 Å². The lowest BCUT2D eigenvalue weighted by molar-refractivity contribution is 0.0732. The summed E-state index contributed by atoms with van der Waals surface area (Å²) in [5.74, 6) is 0.728. The molecule has 0 radical (unpaired) electrons. The predicted octanol–water partition coefficient (Wildman–Crippen LogP) is 4.58. The molecule has 1 aliphatic rings. The summed E-state index contributed by atoms with van der Waals surface area (Å²) in [6.45, 7) is 0.617. The fourth-order valence-corrected chi connectivity index (χ4v) is 3.21. The summed E-state index contributed by atoms with van der Waals surface area (Å²) >= 11 is 0. The van der Waals surface area contributed by atoms with E-state index in [0.717, 1.165) is 11.1 Å². The number of halogens is 1. The summed E-state index contributed by atoms with van der Waals surface area (Å²) in [5.41, 5.74) is 2.78. The van der Waals surface area contributed by atoms with Gasteiger partial charge >= 0.3 is 0 Å². The number of rotatable bonds is 4. The van der Waals surface area contributed by atoms with E-state index in [0.29, 0.717) is 17.9 Å². The monoisotopic (exact) mass is 365 g/mol. The molecule has 26 heavy (non-hydrogen) atoms. The number of carbonyl (C=O) groups excluding carboxylic acids is 1. The third-order valence-corrected chi connectivity index (χ3v) is 4.49. The van der Waals surface area contributed by atoms with Crippen LogP contribution in [0.1, 0.15) is 27.6 Å². The summed E-state index contributed by atoms with van der Waals surface area (Å²) < 4.78 is 6.21. The van der Waals surface area contributed by atoms with Crippen LogP contribution in [-0.2, 0) is 6.54 Å². The first-order valence-corrected chi connectivity index (χ1v) is 8.45. The highest BCUT2D eigenvalue weighted by atomic mass is 35.5. The largest absolute Gasteiger partial charge is 0.483 e. The van der Waals surface area contributed by atoms with Crippen molar-refractivity contribution in [2.75, 3.05) is 0 Å². The molecule has 2 atom stereocenters. The van der Waals surface area contributed by atoms with Gasteiger partial charge in [0.05, 0.1) is 5.56 Å². The summed E-state index contributed by atoms with van der Waals surface area (Å²) in [5, 5.41) is 3.40. The normalized spacial score (nSPS) is 18.4. The lowest BCUT2D eigenvalue weighted by Crippen LogP contribution is -2.46. The molecule has 0 saturated carbocycles. The van der Waals surface area contributed by atoms with Gasteiger partial charge in [0.25, 0.3) is 0 Å². The zero-order valence-electron chi connectivity index (χ0n) is 14.2. The molecule has 0 amide bonds. The molecule has 3 aromatic rings. The minimum atomic E-state index is -0.419. The van der Waals surface area contributed by atoms with E-state index in [9.17, 15) is 4.79 Å². The van der Waals surface area contributed by atoms with E-state index in [1.54, 1.807) is 0 Å². The molecular formula is C22H20ClNO2. The van der Waals surface area contributed by atoms with E-state index in [1.165, 1.54) is 0 Å². The van der Waals surface area contributed by atoms with E-state index in [4.69, 9.17) is 4.74 Å². The molecule has 132 valence electrons. The number of ketones is 1. The number of ether oxygens (including phenoxy) is 1. The lowest BCUT2D eigenvalue weighted by atomic mass is 9.91. The second kappa shape index (κ2) is 8.17. The standard InChI is InChI=1S/C22H19NO2.ClH/c24-21-18-13-7-8-14-19(18)25-22(17-11-5-2-6-12-17)20(21)23-15-16-9-3-1-4-10-16;/h1-14,20,22-23H,15H2;1H/t20-,22+;/m1./s1. The zero-order chi connectivity index (χ0) is 17.1. The maximum absolute atomic E-state index is 13.1. The van der Waals surface area contributed by atoms with Gasteiger partial charge in [-0.3, -0.25) is 10.1 Å². The van der Waals surface area contributed by atoms with Crippen molar-refractivity contribution in [1.29, 1.82) is 0 Å². The van der Waals surface area contributed by atoms with Gasteiger partial charge in [0.15, 0.2) is 5.78 Å². The Morgan fingerprint density at radius 3 is 2.15 bits per heavy atom. The van der Waals surface area contributed by atoms with E-state index >= 15 is 0 Å². The van der Waals surface area contributed by atoms with Gasteiger partial charge in [0, 0.05) is 6.54 Å². The van der Waals surface area contributed by atoms with Crippen molar-refractivity contribution in [3.05, 3.63) is 102 Å². The van der Waals surface area contributed by atoms with Gasteiger partial charge in [-0.05, 0) is 23.3 Å². The molecule has 3 nitrogen and oxygen atoms in total. The quantitative estimate of drug-likeness (QED) is 0.735. The number of hydrogen-bond donors (Lipinski definition) is 1. The van der Waals surface area contributed by atoms with Crippen LogP contribution in [0.4, 0.5) is 0 Å². The molecule has 0 fully saturated rings. The third-order valence-electron chi connectivity index (χ3n) is 4.49. The van der Waals surface area contributed by atoms with E-state index < -0.39 is 6.04 Å². The van der Waals surface area contributed by atoms with E-state index in [1.807, 2.05) is 84.9 Å². The molecule has 0 spiro atoms. The first kappa shape index (κ1) is 18.2. The minimum absolute atomic E-state index is 0. The Morgan fingerprint density at radius 2 is 1.42 bits per heavy atom. The lowest BCUT2D eigenvalue weighted by Gasteiger charge is -2.33. The number of para-hydroxylation sites is 1. The zero-order valence-corrected chi connectivity index (χ0v) is 15.0. The molecule has 0 bridgehead atoms. The SMILES string of the molecule is Cl.O=C1c2ccccc2O[C@@H](c2ccccc2)[C@@H]1NCc1ccccc1. The number of nitrogens with one attached hydrogen (secondary N) is 1. The van der Waals surface area contributed by atoms with Crippen LogP contribution in [0.3, 0.4) is 0 Å². The van der Waals surface area contributed by atoms with Crippen molar-refractivity contribution in [3.63, 3.8) is 0 Å². The minimum Gasteiger partial charge on any atom is -0.483 e. The molecule has 1 heterocycles. The summed E-state index contributed by atoms with van der Waals surface area (Å²) in [6, 6.07) is 27.0. The maximum atomic E-state index is 13.1. The number of carbonyl (C=O) groups is 1. The average Bonchev–Trinajstić information content (AvgIpc) is 2.69. The average molecular weight is 366 g/mol. The molecule has 0 aliphatic carbocycles. The Hall–Kier alpha value is -2.62. The second-order valence-electron chi connectivity index (χ2n) is 6.15. The van der Waals surface area contributed by atoms with Crippen molar-refractivity contribution in [2.24, 2.45) is 0 Å². The molecule has 0 saturated heterocycles.